The molecule has 13 aromatic rings. The number of hydrogen-bond donors (Lipinski definition) is 0. The average Bonchev–Trinajstić information content (AvgIpc) is 3.72. The fourth-order valence-electron chi connectivity index (χ4n) is 10.1. The van der Waals surface area contributed by atoms with E-state index in [1.807, 2.05) is 18.2 Å². The summed E-state index contributed by atoms with van der Waals surface area (Å²) < 4.78 is 2.37. The Balaban J connectivity index is 0.890. The maximum atomic E-state index is 5.28. The van der Waals surface area contributed by atoms with Gasteiger partial charge in [0.25, 0.3) is 0 Å². The van der Waals surface area contributed by atoms with E-state index in [1.165, 1.54) is 70.7 Å². The lowest BCUT2D eigenvalue weighted by Crippen LogP contribution is -2.00. The molecule has 2 aromatic heterocycles. The van der Waals surface area contributed by atoms with E-state index in [0.29, 0.717) is 5.82 Å². The van der Waals surface area contributed by atoms with E-state index >= 15 is 0 Å². The second-order valence-electron chi connectivity index (χ2n) is 16.9. The van der Waals surface area contributed by atoms with Gasteiger partial charge in [0.15, 0.2) is 5.82 Å². The number of para-hydroxylation sites is 3. The summed E-state index contributed by atoms with van der Waals surface area (Å²) in [5.41, 5.74) is 13.1. The van der Waals surface area contributed by atoms with Crippen molar-refractivity contribution in [2.24, 2.45) is 0 Å². The molecule has 302 valence electrons. The molecular formula is C62H39N3. The van der Waals surface area contributed by atoms with Gasteiger partial charge in [0.1, 0.15) is 0 Å². The van der Waals surface area contributed by atoms with Gasteiger partial charge < -0.3 is 4.57 Å². The SMILES string of the molecule is c1ccc(-c2nc(-c3ccc4cc(-c5ccc(-c6c7ccccc7cc7c6ccc6ccccc67)cc5)ccc4c3)cc(-c3ccccc3-n3c4ccccc4c4ccccc43)n2)cc1. The third kappa shape index (κ3) is 6.20. The van der Waals surface area contributed by atoms with Gasteiger partial charge in [0, 0.05) is 27.5 Å². The van der Waals surface area contributed by atoms with Gasteiger partial charge in [0.05, 0.1) is 28.1 Å². The van der Waals surface area contributed by atoms with E-state index < -0.39 is 0 Å². The molecule has 0 fully saturated rings. The quantitative estimate of drug-likeness (QED) is 0.123. The zero-order valence-corrected chi connectivity index (χ0v) is 35.4. The number of nitrogens with zero attached hydrogens (tertiary/aromatic N) is 3. The normalized spacial score (nSPS) is 11.7. The molecule has 0 bridgehead atoms. The molecule has 0 radical (unpaired) electrons. The largest absolute Gasteiger partial charge is 0.309 e. The van der Waals surface area contributed by atoms with E-state index in [1.54, 1.807) is 0 Å². The summed E-state index contributed by atoms with van der Waals surface area (Å²) in [4.78, 5) is 10.5. The van der Waals surface area contributed by atoms with Crippen LogP contribution in [0.4, 0.5) is 0 Å². The van der Waals surface area contributed by atoms with Crippen LogP contribution in [-0.2, 0) is 0 Å². The zero-order chi connectivity index (χ0) is 42.8. The molecule has 0 aliphatic heterocycles. The van der Waals surface area contributed by atoms with E-state index in [2.05, 4.69) is 223 Å². The van der Waals surface area contributed by atoms with Crippen LogP contribution in [0.2, 0.25) is 0 Å². The molecule has 3 nitrogen and oxygen atoms in total. The van der Waals surface area contributed by atoms with E-state index in [4.69, 9.17) is 9.97 Å². The molecule has 3 heteroatoms. The Morgan fingerprint density at radius 2 is 0.831 bits per heavy atom. The lowest BCUT2D eigenvalue weighted by atomic mass is 9.89. The predicted molar refractivity (Wildman–Crippen MR) is 274 cm³/mol. The first-order valence-electron chi connectivity index (χ1n) is 22.2. The highest BCUT2D eigenvalue weighted by Crippen LogP contribution is 2.41. The maximum absolute atomic E-state index is 5.28. The molecule has 0 spiro atoms. The van der Waals surface area contributed by atoms with Crippen molar-refractivity contribution in [3.8, 4) is 61.8 Å². The minimum Gasteiger partial charge on any atom is -0.309 e. The fraction of sp³-hybridized carbons (Fsp3) is 0. The summed E-state index contributed by atoms with van der Waals surface area (Å²) in [5, 5.41) is 12.4. The highest BCUT2D eigenvalue weighted by atomic mass is 15.0. The zero-order valence-electron chi connectivity index (χ0n) is 35.4. The van der Waals surface area contributed by atoms with Crippen LogP contribution in [0.5, 0.6) is 0 Å². The first-order valence-corrected chi connectivity index (χ1v) is 22.2. The van der Waals surface area contributed by atoms with Crippen LogP contribution in [0.3, 0.4) is 0 Å². The number of fused-ring (bicyclic) bond motifs is 8. The summed E-state index contributed by atoms with van der Waals surface area (Å²) >= 11 is 0. The molecule has 65 heavy (non-hydrogen) atoms. The van der Waals surface area contributed by atoms with Gasteiger partial charge in [0.2, 0.25) is 0 Å². The third-order valence-electron chi connectivity index (χ3n) is 13.2. The molecule has 2 heterocycles. The van der Waals surface area contributed by atoms with Gasteiger partial charge in [-0.15, -0.1) is 0 Å². The fourth-order valence-corrected chi connectivity index (χ4v) is 10.1. The maximum Gasteiger partial charge on any atom is 0.160 e. The average molecular weight is 826 g/mol. The molecule has 0 aliphatic carbocycles. The van der Waals surface area contributed by atoms with Crippen LogP contribution in [0.25, 0.3) is 127 Å². The molecule has 0 amide bonds. The first kappa shape index (κ1) is 36.9. The first-order chi connectivity index (χ1) is 32.2. The third-order valence-corrected chi connectivity index (χ3v) is 13.2. The molecule has 0 saturated heterocycles. The van der Waals surface area contributed by atoms with Crippen molar-refractivity contribution in [1.82, 2.24) is 14.5 Å². The van der Waals surface area contributed by atoms with Crippen molar-refractivity contribution < 1.29 is 0 Å². The van der Waals surface area contributed by atoms with Crippen LogP contribution in [0.1, 0.15) is 0 Å². The Morgan fingerprint density at radius 1 is 0.277 bits per heavy atom. The van der Waals surface area contributed by atoms with Crippen molar-refractivity contribution in [3.05, 3.63) is 237 Å². The Kier molecular flexibility index (Phi) is 8.53. The summed E-state index contributed by atoms with van der Waals surface area (Å²) in [5.74, 6) is 0.693. The Labute approximate surface area is 376 Å². The highest BCUT2D eigenvalue weighted by Gasteiger charge is 2.19. The minimum absolute atomic E-state index is 0.693. The Morgan fingerprint density at radius 3 is 1.60 bits per heavy atom. The predicted octanol–water partition coefficient (Wildman–Crippen LogP) is 16.5. The van der Waals surface area contributed by atoms with Gasteiger partial charge >= 0.3 is 0 Å². The standard InChI is InChI=1S/C62H39N3/c1-2-15-43(16-3-1)62-63-56(39-57(64-62)54-22-10-13-25-60(54)65-58-23-11-8-20-51(58)52-21-9-12-24-59(52)65)48-33-32-45-36-44(30-31-46(45)37-48)40-26-28-42(29-27-40)61-50-19-7-5-17-47(50)38-55-49-18-6-4-14-41(49)34-35-53(55)61/h1-39H. The minimum atomic E-state index is 0.693. The Bertz CT molecular complexity index is 3940. The van der Waals surface area contributed by atoms with Crippen molar-refractivity contribution in [3.63, 3.8) is 0 Å². The molecular weight excluding hydrogens is 787 g/mol. The summed E-state index contributed by atoms with van der Waals surface area (Å²) in [7, 11) is 0. The van der Waals surface area contributed by atoms with Crippen LogP contribution in [0.15, 0.2) is 237 Å². The number of rotatable bonds is 6. The van der Waals surface area contributed by atoms with Gasteiger partial charge in [-0.2, -0.15) is 0 Å². The topological polar surface area (TPSA) is 30.7 Å². The molecule has 11 aromatic carbocycles. The lowest BCUT2D eigenvalue weighted by molar-refractivity contribution is 1.15. The second kappa shape index (κ2) is 15.0. The molecule has 0 atom stereocenters. The van der Waals surface area contributed by atoms with Crippen LogP contribution in [-0.4, -0.2) is 14.5 Å². The summed E-state index contributed by atoms with van der Waals surface area (Å²) in [6.45, 7) is 0. The molecule has 0 saturated carbocycles. The smallest absolute Gasteiger partial charge is 0.160 e. The van der Waals surface area contributed by atoms with Gasteiger partial charge in [-0.1, -0.05) is 194 Å². The van der Waals surface area contributed by atoms with E-state index in [-0.39, 0.29) is 0 Å². The molecule has 0 N–H and O–H groups in total. The van der Waals surface area contributed by atoms with Crippen LogP contribution >= 0.6 is 0 Å². The monoisotopic (exact) mass is 825 g/mol. The van der Waals surface area contributed by atoms with Crippen molar-refractivity contribution in [2.45, 2.75) is 0 Å². The molecule has 0 unspecified atom stereocenters. The molecule has 13 rings (SSSR count). The highest BCUT2D eigenvalue weighted by molar-refractivity contribution is 6.20. The van der Waals surface area contributed by atoms with E-state index in [9.17, 15) is 0 Å². The second-order valence-corrected chi connectivity index (χ2v) is 16.9. The summed E-state index contributed by atoms with van der Waals surface area (Å²) in [6, 6.07) is 85.3. The van der Waals surface area contributed by atoms with Crippen molar-refractivity contribution in [2.75, 3.05) is 0 Å². The summed E-state index contributed by atoms with van der Waals surface area (Å²) in [6.07, 6.45) is 0. The lowest BCUT2D eigenvalue weighted by Gasteiger charge is -2.15. The van der Waals surface area contributed by atoms with Gasteiger partial charge in [-0.3, -0.25) is 0 Å². The van der Waals surface area contributed by atoms with E-state index in [0.717, 1.165) is 50.2 Å². The van der Waals surface area contributed by atoms with Crippen LogP contribution < -0.4 is 0 Å². The van der Waals surface area contributed by atoms with Crippen molar-refractivity contribution >= 4 is 64.9 Å². The Hall–Kier alpha value is -8.66. The number of benzene rings is 11. The van der Waals surface area contributed by atoms with Crippen molar-refractivity contribution in [1.29, 1.82) is 0 Å². The number of hydrogen-bond acceptors (Lipinski definition) is 2. The molecule has 0 aliphatic rings. The number of aromatic nitrogens is 3. The van der Waals surface area contributed by atoms with Gasteiger partial charge in [-0.05, 0) is 108 Å². The van der Waals surface area contributed by atoms with Crippen LogP contribution in [0, 0.1) is 0 Å². The van der Waals surface area contributed by atoms with Gasteiger partial charge in [-0.25, -0.2) is 9.97 Å².